The molecule has 11 heteroatoms. The number of carbonyl (C=O) groups excluding carboxylic acids is 1. The first-order valence-corrected chi connectivity index (χ1v) is 13.2. The fraction of sp³-hybridized carbons (Fsp3) is 0.481. The molecule has 0 atom stereocenters. The first kappa shape index (κ1) is 29.2. The van der Waals surface area contributed by atoms with E-state index in [1.54, 1.807) is 11.0 Å². The number of halogens is 1. The van der Waals surface area contributed by atoms with Crippen LogP contribution in [0.5, 0.6) is 5.75 Å². The molecule has 0 unspecified atom stereocenters. The van der Waals surface area contributed by atoms with Crippen LogP contribution in [0, 0.1) is 20.8 Å². The van der Waals surface area contributed by atoms with Crippen LogP contribution < -0.4 is 15.8 Å². The van der Waals surface area contributed by atoms with E-state index in [1.165, 1.54) is 0 Å². The van der Waals surface area contributed by atoms with Gasteiger partial charge in [-0.25, -0.2) is 14.8 Å². The zero-order chi connectivity index (χ0) is 27.7. The Kier molecular flexibility index (Phi) is 10.7. The molecule has 3 heterocycles. The molecule has 2 aromatic heterocycles. The number of ether oxygens (including phenoxy) is 2. The van der Waals surface area contributed by atoms with E-state index < -0.39 is 0 Å². The van der Waals surface area contributed by atoms with E-state index in [0.717, 1.165) is 55.7 Å². The zero-order valence-corrected chi connectivity index (χ0v) is 23.5. The molecule has 1 saturated heterocycles. The minimum absolute atomic E-state index is 0.153. The van der Waals surface area contributed by atoms with Crippen LogP contribution in [0.3, 0.4) is 0 Å². The second-order valence-corrected chi connectivity index (χ2v) is 9.35. The fourth-order valence-electron chi connectivity index (χ4n) is 4.04. The van der Waals surface area contributed by atoms with Crippen LogP contribution in [-0.2, 0) is 4.74 Å². The summed E-state index contributed by atoms with van der Waals surface area (Å²) >= 11 is 6.43. The van der Waals surface area contributed by atoms with Crippen molar-refractivity contribution >= 4 is 23.5 Å². The molecule has 0 bridgehead atoms. The van der Waals surface area contributed by atoms with Gasteiger partial charge < -0.3 is 29.9 Å². The van der Waals surface area contributed by atoms with Gasteiger partial charge in [0.2, 0.25) is 0 Å². The number of amides is 1. The van der Waals surface area contributed by atoms with Gasteiger partial charge in [0.25, 0.3) is 0 Å². The summed E-state index contributed by atoms with van der Waals surface area (Å²) in [7, 11) is 1.91. The van der Waals surface area contributed by atoms with Crippen molar-refractivity contribution in [3.63, 3.8) is 0 Å². The highest BCUT2D eigenvalue weighted by Crippen LogP contribution is 2.35. The Morgan fingerprint density at radius 3 is 2.58 bits per heavy atom. The largest absolute Gasteiger partial charge is 0.494 e. The predicted octanol–water partition coefficient (Wildman–Crippen LogP) is 5.19. The lowest BCUT2D eigenvalue weighted by Gasteiger charge is -2.13. The lowest BCUT2D eigenvalue weighted by molar-refractivity contribution is 0.116. The molecule has 0 radical (unpaired) electrons. The average Bonchev–Trinajstić information content (AvgIpc) is 3.55. The molecule has 3 N–H and O–H groups in total. The minimum Gasteiger partial charge on any atom is -0.494 e. The van der Waals surface area contributed by atoms with Gasteiger partial charge in [0, 0.05) is 24.2 Å². The summed E-state index contributed by atoms with van der Waals surface area (Å²) in [6.07, 6.45) is 3.00. The first-order chi connectivity index (χ1) is 18.3. The molecule has 1 aliphatic heterocycles. The molecule has 0 saturated carbocycles. The van der Waals surface area contributed by atoms with Gasteiger partial charge in [0.1, 0.15) is 17.3 Å². The summed E-state index contributed by atoms with van der Waals surface area (Å²) in [5.74, 6) is 2.20. The Hall–Kier alpha value is -3.37. The van der Waals surface area contributed by atoms with Gasteiger partial charge in [-0.15, -0.1) is 0 Å². The van der Waals surface area contributed by atoms with E-state index >= 15 is 0 Å². The maximum absolute atomic E-state index is 10.9. The fourth-order valence-corrected chi connectivity index (χ4v) is 4.24. The van der Waals surface area contributed by atoms with E-state index in [1.807, 2.05) is 46.9 Å². The Balaban J connectivity index is 0.000000336. The molecular weight excluding hydrogens is 508 g/mol. The SMILES string of the molecule is CCOC(=O)N1CCCC1.CNCCCOc1ccc(Cl)c(-c2nc(N)c(C)c(-c3c(C)noc3C)n2)c1. The summed E-state index contributed by atoms with van der Waals surface area (Å²) in [5.41, 5.74) is 9.88. The number of aryl methyl sites for hydroxylation is 2. The minimum atomic E-state index is -0.153. The maximum Gasteiger partial charge on any atom is 0.409 e. The summed E-state index contributed by atoms with van der Waals surface area (Å²) in [5, 5.41) is 7.64. The maximum atomic E-state index is 10.9. The molecule has 0 spiro atoms. The molecule has 1 fully saturated rings. The molecule has 4 rings (SSSR count). The van der Waals surface area contributed by atoms with Crippen molar-refractivity contribution in [3.05, 3.63) is 40.2 Å². The van der Waals surface area contributed by atoms with Crippen LogP contribution in [0.4, 0.5) is 10.6 Å². The summed E-state index contributed by atoms with van der Waals surface area (Å²) < 4.78 is 15.9. The van der Waals surface area contributed by atoms with Gasteiger partial charge in [-0.3, -0.25) is 0 Å². The molecular formula is C27H37ClN6O4. The Bertz CT molecular complexity index is 1210. The third kappa shape index (κ3) is 7.35. The Morgan fingerprint density at radius 2 is 1.95 bits per heavy atom. The highest BCUT2D eigenvalue weighted by Gasteiger charge is 2.20. The number of carbonyl (C=O) groups is 1. The number of aromatic nitrogens is 3. The van der Waals surface area contributed by atoms with Crippen LogP contribution in [0.25, 0.3) is 22.6 Å². The number of nitrogens with zero attached hydrogens (tertiary/aromatic N) is 4. The quantitative estimate of drug-likeness (QED) is 0.368. The number of hydrogen-bond acceptors (Lipinski definition) is 9. The van der Waals surface area contributed by atoms with Gasteiger partial charge in [-0.1, -0.05) is 16.8 Å². The molecule has 206 valence electrons. The van der Waals surface area contributed by atoms with E-state index in [4.69, 9.17) is 36.3 Å². The van der Waals surface area contributed by atoms with Gasteiger partial charge in [0.15, 0.2) is 5.82 Å². The number of anilines is 1. The van der Waals surface area contributed by atoms with E-state index in [2.05, 4.69) is 15.5 Å². The summed E-state index contributed by atoms with van der Waals surface area (Å²) in [4.78, 5) is 21.9. The lowest BCUT2D eigenvalue weighted by Crippen LogP contribution is -2.28. The molecule has 1 aromatic carbocycles. The van der Waals surface area contributed by atoms with E-state index in [0.29, 0.717) is 52.6 Å². The standard InChI is InChI=1S/C20H24ClN5O2.C7H13NO2/c1-11-18(17-12(2)26-28-13(17)3)24-20(25-19(11)22)15-10-14(6-7-16(15)21)27-9-5-8-23-4;1-2-10-7(9)8-5-3-4-6-8/h6-7,10,23H,5,8-9H2,1-4H3,(H2,22,24,25);2-6H2,1H3. The van der Waals surface area contributed by atoms with Crippen molar-refractivity contribution in [1.82, 2.24) is 25.3 Å². The lowest BCUT2D eigenvalue weighted by atomic mass is 10.1. The van der Waals surface area contributed by atoms with Crippen LogP contribution in [0.15, 0.2) is 22.7 Å². The second-order valence-electron chi connectivity index (χ2n) is 8.95. The van der Waals surface area contributed by atoms with Crippen molar-refractivity contribution in [2.24, 2.45) is 0 Å². The summed E-state index contributed by atoms with van der Waals surface area (Å²) in [6, 6.07) is 5.44. The molecule has 3 aromatic rings. The number of hydrogen-bond donors (Lipinski definition) is 2. The molecule has 0 aliphatic carbocycles. The first-order valence-electron chi connectivity index (χ1n) is 12.8. The monoisotopic (exact) mass is 544 g/mol. The van der Waals surface area contributed by atoms with Crippen molar-refractivity contribution < 1.29 is 18.8 Å². The molecule has 1 aliphatic rings. The normalized spacial score (nSPS) is 12.7. The zero-order valence-electron chi connectivity index (χ0n) is 22.8. The third-order valence-corrected chi connectivity index (χ3v) is 6.43. The van der Waals surface area contributed by atoms with Gasteiger partial charge in [-0.05, 0) is 78.7 Å². The predicted molar refractivity (Wildman–Crippen MR) is 148 cm³/mol. The van der Waals surface area contributed by atoms with Gasteiger partial charge in [0.05, 0.1) is 35.2 Å². The number of nitrogens with one attached hydrogen (secondary N) is 1. The number of nitrogens with two attached hydrogens (primary N) is 1. The Labute approximate surface area is 228 Å². The van der Waals surface area contributed by atoms with Crippen molar-refractivity contribution in [2.75, 3.05) is 45.6 Å². The average molecular weight is 545 g/mol. The highest BCUT2D eigenvalue weighted by atomic mass is 35.5. The number of benzene rings is 1. The highest BCUT2D eigenvalue weighted by molar-refractivity contribution is 6.33. The molecule has 1 amide bonds. The topological polar surface area (TPSA) is 129 Å². The van der Waals surface area contributed by atoms with Crippen molar-refractivity contribution in [1.29, 1.82) is 0 Å². The van der Waals surface area contributed by atoms with Crippen LogP contribution in [0.1, 0.15) is 43.2 Å². The van der Waals surface area contributed by atoms with Crippen LogP contribution in [-0.4, -0.2) is 66.0 Å². The van der Waals surface area contributed by atoms with Gasteiger partial charge >= 0.3 is 6.09 Å². The molecule has 10 nitrogen and oxygen atoms in total. The van der Waals surface area contributed by atoms with E-state index in [-0.39, 0.29) is 6.09 Å². The van der Waals surface area contributed by atoms with Crippen LogP contribution >= 0.6 is 11.6 Å². The van der Waals surface area contributed by atoms with Crippen LogP contribution in [0.2, 0.25) is 5.02 Å². The van der Waals surface area contributed by atoms with Gasteiger partial charge in [-0.2, -0.15) is 0 Å². The smallest absolute Gasteiger partial charge is 0.409 e. The summed E-state index contributed by atoms with van der Waals surface area (Å²) in [6.45, 7) is 11.1. The third-order valence-electron chi connectivity index (χ3n) is 6.10. The number of rotatable bonds is 8. The number of nitrogen functional groups attached to an aromatic ring is 1. The number of likely N-dealkylation sites (tertiary alicyclic amines) is 1. The van der Waals surface area contributed by atoms with E-state index in [9.17, 15) is 4.79 Å². The molecule has 38 heavy (non-hydrogen) atoms. The second kappa shape index (κ2) is 14.0. The van der Waals surface area contributed by atoms with Crippen molar-refractivity contribution in [3.8, 4) is 28.4 Å². The van der Waals surface area contributed by atoms with Crippen molar-refractivity contribution in [2.45, 2.75) is 47.0 Å². The Morgan fingerprint density at radius 1 is 1.21 bits per heavy atom.